The Bertz CT molecular complexity index is 971. The number of benzene rings is 2. The van der Waals surface area contributed by atoms with E-state index in [1.807, 2.05) is 12.1 Å². The highest BCUT2D eigenvalue weighted by atomic mass is 35.5. The van der Waals surface area contributed by atoms with E-state index in [2.05, 4.69) is 10.5 Å². The zero-order valence-electron chi connectivity index (χ0n) is 15.8. The number of sulfonamides is 1. The lowest BCUT2D eigenvalue weighted by atomic mass is 10.1. The Morgan fingerprint density at radius 3 is 2.52 bits per heavy atom. The maximum absolute atomic E-state index is 12.6. The second kappa shape index (κ2) is 9.98. The monoisotopic (exact) mass is 435 g/mol. The summed E-state index contributed by atoms with van der Waals surface area (Å²) >= 11 is 6.02. The van der Waals surface area contributed by atoms with Crippen molar-refractivity contribution in [3.05, 3.63) is 64.7 Å². The number of nitrogens with one attached hydrogen (secondary N) is 1. The molecule has 1 amide bonds. The number of morpholine rings is 1. The quantitative estimate of drug-likeness (QED) is 0.534. The Morgan fingerprint density at radius 1 is 1.14 bits per heavy atom. The van der Waals surface area contributed by atoms with Gasteiger partial charge in [-0.15, -0.1) is 0 Å². The minimum atomic E-state index is -3.51. The summed E-state index contributed by atoms with van der Waals surface area (Å²) in [4.78, 5) is 12.2. The van der Waals surface area contributed by atoms with E-state index in [4.69, 9.17) is 16.3 Å². The summed E-state index contributed by atoms with van der Waals surface area (Å²) in [5, 5.41) is 4.46. The number of amides is 1. The van der Waals surface area contributed by atoms with Gasteiger partial charge in [-0.1, -0.05) is 41.9 Å². The topological polar surface area (TPSA) is 88.1 Å². The maximum Gasteiger partial charge on any atom is 0.243 e. The van der Waals surface area contributed by atoms with E-state index in [-0.39, 0.29) is 17.2 Å². The van der Waals surface area contributed by atoms with Crippen molar-refractivity contribution in [2.24, 2.45) is 5.10 Å². The van der Waals surface area contributed by atoms with Crippen LogP contribution in [0.4, 0.5) is 0 Å². The van der Waals surface area contributed by atoms with E-state index in [1.165, 1.54) is 10.5 Å². The molecule has 2 aromatic carbocycles. The molecule has 2 aromatic rings. The molecule has 0 radical (unpaired) electrons. The molecule has 0 atom stereocenters. The SMILES string of the molecule is O=C(CCc1ccc(S(=O)(=O)N2CCOCC2)cc1)N/N=C/c1ccccc1Cl. The summed E-state index contributed by atoms with van der Waals surface area (Å²) in [6, 6.07) is 13.8. The van der Waals surface area contributed by atoms with Crippen molar-refractivity contribution in [2.45, 2.75) is 17.7 Å². The average Bonchev–Trinajstić information content (AvgIpc) is 2.74. The van der Waals surface area contributed by atoms with Crippen molar-refractivity contribution in [3.8, 4) is 0 Å². The Kier molecular flexibility index (Phi) is 7.38. The van der Waals surface area contributed by atoms with Crippen molar-refractivity contribution in [2.75, 3.05) is 26.3 Å². The van der Waals surface area contributed by atoms with Gasteiger partial charge in [-0.05, 0) is 30.2 Å². The summed E-state index contributed by atoms with van der Waals surface area (Å²) in [6.07, 6.45) is 2.20. The predicted octanol–water partition coefficient (Wildman–Crippen LogP) is 2.44. The Balaban J connectivity index is 1.51. The lowest BCUT2D eigenvalue weighted by Crippen LogP contribution is -2.40. The molecule has 0 bridgehead atoms. The first-order chi connectivity index (χ1) is 14.0. The van der Waals surface area contributed by atoms with Crippen molar-refractivity contribution in [3.63, 3.8) is 0 Å². The first-order valence-corrected chi connectivity index (χ1v) is 11.0. The van der Waals surface area contributed by atoms with Gasteiger partial charge in [-0.25, -0.2) is 13.8 Å². The molecule has 1 N–H and O–H groups in total. The number of hydrazone groups is 1. The number of halogens is 1. The van der Waals surface area contributed by atoms with E-state index in [1.54, 1.807) is 36.4 Å². The fraction of sp³-hybridized carbons (Fsp3) is 0.300. The molecule has 29 heavy (non-hydrogen) atoms. The molecule has 1 aliphatic rings. The Hall–Kier alpha value is -2.26. The van der Waals surface area contributed by atoms with Gasteiger partial charge in [0.05, 0.1) is 24.3 Å². The third-order valence-electron chi connectivity index (χ3n) is 4.47. The normalized spacial score (nSPS) is 15.5. The Labute approximate surface area is 175 Å². The molecular formula is C20H22ClN3O4S. The summed E-state index contributed by atoms with van der Waals surface area (Å²) in [7, 11) is -3.51. The van der Waals surface area contributed by atoms with Crippen LogP contribution in [0.25, 0.3) is 0 Å². The molecule has 0 aromatic heterocycles. The lowest BCUT2D eigenvalue weighted by molar-refractivity contribution is -0.121. The minimum absolute atomic E-state index is 0.232. The summed E-state index contributed by atoms with van der Waals surface area (Å²) in [6.45, 7) is 1.54. The van der Waals surface area contributed by atoms with Crippen LogP contribution in [-0.4, -0.2) is 51.1 Å². The highest BCUT2D eigenvalue weighted by molar-refractivity contribution is 7.89. The van der Waals surface area contributed by atoms with Gasteiger partial charge in [0, 0.05) is 30.1 Å². The van der Waals surface area contributed by atoms with E-state index in [0.717, 1.165) is 5.56 Å². The van der Waals surface area contributed by atoms with Gasteiger partial charge in [-0.2, -0.15) is 9.41 Å². The van der Waals surface area contributed by atoms with Crippen LogP contribution in [0.15, 0.2) is 58.5 Å². The van der Waals surface area contributed by atoms with Gasteiger partial charge in [0.1, 0.15) is 0 Å². The molecule has 154 valence electrons. The van der Waals surface area contributed by atoms with Gasteiger partial charge in [-0.3, -0.25) is 4.79 Å². The van der Waals surface area contributed by atoms with Crippen molar-refractivity contribution in [1.82, 2.24) is 9.73 Å². The lowest BCUT2D eigenvalue weighted by Gasteiger charge is -2.26. The zero-order valence-corrected chi connectivity index (χ0v) is 17.3. The third-order valence-corrected chi connectivity index (χ3v) is 6.73. The highest BCUT2D eigenvalue weighted by Gasteiger charge is 2.26. The molecule has 1 fully saturated rings. The van der Waals surface area contributed by atoms with Gasteiger partial charge >= 0.3 is 0 Å². The molecule has 3 rings (SSSR count). The number of hydrogen-bond acceptors (Lipinski definition) is 5. The smallest absolute Gasteiger partial charge is 0.243 e. The molecule has 0 saturated carbocycles. The maximum atomic E-state index is 12.6. The minimum Gasteiger partial charge on any atom is -0.379 e. The van der Waals surface area contributed by atoms with E-state index in [0.29, 0.717) is 43.3 Å². The molecule has 1 heterocycles. The summed E-state index contributed by atoms with van der Waals surface area (Å²) in [5.41, 5.74) is 4.05. The number of carbonyl (C=O) groups excluding carboxylic acids is 1. The molecule has 9 heteroatoms. The van der Waals surface area contributed by atoms with Crippen LogP contribution < -0.4 is 5.43 Å². The molecule has 0 spiro atoms. The van der Waals surface area contributed by atoms with Gasteiger partial charge < -0.3 is 4.74 Å². The second-order valence-electron chi connectivity index (χ2n) is 6.48. The molecule has 1 saturated heterocycles. The number of nitrogens with zero attached hydrogens (tertiary/aromatic N) is 2. The molecule has 1 aliphatic heterocycles. The molecule has 0 aliphatic carbocycles. The van der Waals surface area contributed by atoms with Crippen LogP contribution in [-0.2, 0) is 26.0 Å². The fourth-order valence-electron chi connectivity index (χ4n) is 2.83. The van der Waals surface area contributed by atoms with E-state index < -0.39 is 10.0 Å². The summed E-state index contributed by atoms with van der Waals surface area (Å²) < 4.78 is 31.8. The van der Waals surface area contributed by atoms with Gasteiger partial charge in [0.2, 0.25) is 15.9 Å². The van der Waals surface area contributed by atoms with Crippen LogP contribution in [0.5, 0.6) is 0 Å². The third kappa shape index (κ3) is 5.86. The van der Waals surface area contributed by atoms with Crippen molar-refractivity contribution in [1.29, 1.82) is 0 Å². The number of aryl methyl sites for hydroxylation is 1. The highest BCUT2D eigenvalue weighted by Crippen LogP contribution is 2.18. The van der Waals surface area contributed by atoms with Crippen LogP contribution in [0.1, 0.15) is 17.5 Å². The summed E-state index contributed by atoms with van der Waals surface area (Å²) in [5.74, 6) is -0.238. The number of rotatable bonds is 7. The average molecular weight is 436 g/mol. The van der Waals surface area contributed by atoms with Crippen molar-refractivity contribution >= 4 is 33.7 Å². The van der Waals surface area contributed by atoms with Gasteiger partial charge in [0.25, 0.3) is 0 Å². The second-order valence-corrected chi connectivity index (χ2v) is 8.82. The van der Waals surface area contributed by atoms with Crippen LogP contribution in [0.2, 0.25) is 5.02 Å². The largest absolute Gasteiger partial charge is 0.379 e. The predicted molar refractivity (Wildman–Crippen MR) is 112 cm³/mol. The zero-order chi connectivity index (χ0) is 20.7. The fourth-order valence-corrected chi connectivity index (χ4v) is 4.42. The molecule has 0 unspecified atom stereocenters. The molecular weight excluding hydrogens is 414 g/mol. The van der Waals surface area contributed by atoms with Crippen molar-refractivity contribution < 1.29 is 17.9 Å². The van der Waals surface area contributed by atoms with E-state index >= 15 is 0 Å². The number of hydrogen-bond donors (Lipinski definition) is 1. The van der Waals surface area contributed by atoms with Crippen LogP contribution >= 0.6 is 11.6 Å². The van der Waals surface area contributed by atoms with Gasteiger partial charge in [0.15, 0.2) is 0 Å². The first kappa shape index (κ1) is 21.4. The Morgan fingerprint density at radius 2 is 1.83 bits per heavy atom. The first-order valence-electron chi connectivity index (χ1n) is 9.20. The number of carbonyl (C=O) groups is 1. The van der Waals surface area contributed by atoms with E-state index in [9.17, 15) is 13.2 Å². The number of ether oxygens (including phenoxy) is 1. The van der Waals surface area contributed by atoms with Crippen LogP contribution in [0.3, 0.4) is 0 Å². The standard InChI is InChI=1S/C20H22ClN3O4S/c21-19-4-2-1-3-17(19)15-22-23-20(25)10-7-16-5-8-18(9-6-16)29(26,27)24-11-13-28-14-12-24/h1-6,8-9,15H,7,10-14H2,(H,23,25)/b22-15+. The van der Waals surface area contributed by atoms with Crippen LogP contribution in [0, 0.1) is 0 Å². The molecule has 7 nitrogen and oxygen atoms in total.